The van der Waals surface area contributed by atoms with Crippen molar-refractivity contribution >= 4 is 23.3 Å². The third kappa shape index (κ3) is 6.66. The molecule has 17 rings (SSSR count). The van der Waals surface area contributed by atoms with Crippen LogP contribution in [0.1, 0.15) is 170 Å². The molecule has 62 heavy (non-hydrogen) atoms. The van der Waals surface area contributed by atoms with Gasteiger partial charge in [-0.2, -0.15) is 30.3 Å². The van der Waals surface area contributed by atoms with Gasteiger partial charge in [0.15, 0.2) is 0 Å². The van der Waals surface area contributed by atoms with E-state index < -0.39 is 7.14 Å². The SMILES string of the molecule is Cc1[c-]c(-c2ccc3c(C45CC6CC(CC(C6)C4)C5)cccc3n2)cc(C2CCCCC2)c1.O=P(c1[c-]cccc1)(C12CC3CC(CC(C3)C1)C2)C12CC3CC(CC(C3)C1)C2.[Ir]. The second-order valence-corrected chi connectivity index (χ2v) is 27.9. The average Bonchev–Trinajstić information content (AvgIpc) is 3.25. The summed E-state index contributed by atoms with van der Waals surface area (Å²) in [6.45, 7) is 2.20. The van der Waals surface area contributed by atoms with Gasteiger partial charge in [0.05, 0.1) is 5.52 Å². The van der Waals surface area contributed by atoms with Crippen LogP contribution < -0.4 is 5.30 Å². The molecule has 0 spiro atoms. The summed E-state index contributed by atoms with van der Waals surface area (Å²) in [6.07, 6.45) is 31.9. The van der Waals surface area contributed by atoms with Crippen LogP contribution in [0.5, 0.6) is 0 Å². The topological polar surface area (TPSA) is 30.0 Å². The second kappa shape index (κ2) is 15.5. The summed E-state index contributed by atoms with van der Waals surface area (Å²) in [5.74, 6) is 8.86. The molecule has 13 aliphatic rings. The molecule has 0 aliphatic heterocycles. The quantitative estimate of drug-likeness (QED) is 0.142. The fraction of sp³-hybridized carbons (Fsp3) is 0.638. The van der Waals surface area contributed by atoms with Crippen molar-refractivity contribution in [3.8, 4) is 11.3 Å². The van der Waals surface area contributed by atoms with Gasteiger partial charge in [0, 0.05) is 35.8 Å². The molecule has 1 radical (unpaired) electrons. The van der Waals surface area contributed by atoms with E-state index in [-0.39, 0.29) is 30.4 Å². The Bertz CT molecular complexity index is 2220. The number of hydrogen-bond donors (Lipinski definition) is 0. The van der Waals surface area contributed by atoms with E-state index in [9.17, 15) is 0 Å². The molecule has 2 nitrogen and oxygen atoms in total. The smallest absolute Gasteiger partial charge is 0.104 e. The minimum Gasteiger partial charge on any atom is -0.320 e. The Labute approximate surface area is 387 Å². The van der Waals surface area contributed by atoms with Crippen LogP contribution in [-0.2, 0) is 30.1 Å². The van der Waals surface area contributed by atoms with Crippen LogP contribution >= 0.6 is 7.14 Å². The van der Waals surface area contributed by atoms with Gasteiger partial charge >= 0.3 is 0 Å². The molecule has 0 amide bonds. The van der Waals surface area contributed by atoms with Crippen LogP contribution in [0.3, 0.4) is 0 Å². The van der Waals surface area contributed by atoms with E-state index in [0.717, 1.165) is 59.0 Å². The molecule has 4 heteroatoms. The summed E-state index contributed by atoms with van der Waals surface area (Å²) in [5, 5.41) is 2.83. The van der Waals surface area contributed by atoms with Crippen LogP contribution in [0.25, 0.3) is 22.2 Å². The predicted octanol–water partition coefficient (Wildman–Crippen LogP) is 14.9. The summed E-state index contributed by atoms with van der Waals surface area (Å²) in [6, 6.07) is 32.1. The van der Waals surface area contributed by atoms with Crippen LogP contribution in [-0.4, -0.2) is 15.3 Å². The van der Waals surface area contributed by atoms with E-state index >= 15 is 4.57 Å². The molecule has 4 aromatic rings. The molecule has 0 atom stereocenters. The summed E-state index contributed by atoms with van der Waals surface area (Å²) in [4.78, 5) is 5.23. The van der Waals surface area contributed by atoms with Crippen LogP contribution in [0, 0.1) is 72.3 Å². The van der Waals surface area contributed by atoms with Crippen molar-refractivity contribution in [2.45, 2.75) is 176 Å². The minimum absolute atomic E-state index is 0. The molecule has 13 saturated carbocycles. The molecule has 1 aromatic heterocycles. The predicted molar refractivity (Wildman–Crippen MR) is 251 cm³/mol. The molecule has 0 saturated heterocycles. The largest absolute Gasteiger partial charge is 0.320 e. The standard InChI is InChI=1S/C32H36N.C26H34OP.Ir/c1-21-12-26(25-6-3-2-4-7-25)17-27(13-21)30-11-10-28-29(8-5-9-31(28)33-30)32-18-22-14-23(19-32)16-24(15-22)20-32;27-28(24-4-2-1-3-5-24,25-12-18-6-19(13-25)8-20(7-18)14-25)26-15-21-9-22(16-26)11-23(10-21)17-26;/h5,8-12,17,22-25H,2-4,6-7,14-16,18-20H2,1H3;1-4,18-23H,6-17H2;/q2*-1;. The number of hydrogen-bond acceptors (Lipinski definition) is 2. The number of aromatic nitrogens is 1. The van der Waals surface area contributed by atoms with Gasteiger partial charge < -0.3 is 4.57 Å². The van der Waals surface area contributed by atoms with Crippen LogP contribution in [0.15, 0.2) is 66.7 Å². The van der Waals surface area contributed by atoms with Gasteiger partial charge in [-0.1, -0.05) is 50.5 Å². The van der Waals surface area contributed by atoms with E-state index in [4.69, 9.17) is 4.98 Å². The van der Waals surface area contributed by atoms with E-state index in [1.807, 2.05) is 0 Å². The fourth-order valence-corrected chi connectivity index (χ4v) is 24.9. The summed E-state index contributed by atoms with van der Waals surface area (Å²) in [5.41, 5.74) is 8.22. The van der Waals surface area contributed by atoms with E-state index in [2.05, 4.69) is 85.8 Å². The zero-order valence-electron chi connectivity index (χ0n) is 37.5. The molecule has 1 heterocycles. The monoisotopic (exact) mass is 1020 g/mol. The van der Waals surface area contributed by atoms with Crippen molar-refractivity contribution < 1.29 is 24.7 Å². The third-order valence-electron chi connectivity index (χ3n) is 20.1. The van der Waals surface area contributed by atoms with E-state index in [1.54, 1.807) is 5.56 Å². The summed E-state index contributed by atoms with van der Waals surface area (Å²) in [7, 11) is -2.53. The van der Waals surface area contributed by atoms with Crippen molar-refractivity contribution in [2.24, 2.45) is 53.3 Å². The molecule has 0 unspecified atom stereocenters. The Hall–Kier alpha value is -2.05. The Balaban J connectivity index is 0.000000132. The number of aryl methyl sites for hydroxylation is 1. The van der Waals surface area contributed by atoms with Crippen molar-refractivity contribution in [2.75, 3.05) is 0 Å². The molecule has 13 fully saturated rings. The Kier molecular flexibility index (Phi) is 10.4. The Morgan fingerprint density at radius 1 is 0.597 bits per heavy atom. The zero-order valence-corrected chi connectivity index (χ0v) is 40.8. The maximum Gasteiger partial charge on any atom is 0.104 e. The number of fused-ring (bicyclic) bond motifs is 1. The first kappa shape index (κ1) is 41.4. The normalized spacial score (nSPS) is 40.5. The minimum atomic E-state index is -2.53. The van der Waals surface area contributed by atoms with E-state index in [0.29, 0.717) is 11.3 Å². The first-order chi connectivity index (χ1) is 29.7. The molecular formula is C58H70IrNOP-2. The van der Waals surface area contributed by atoms with Crippen molar-refractivity contribution in [1.29, 1.82) is 0 Å². The number of rotatable bonds is 6. The molecule has 329 valence electrons. The number of nitrogens with zero attached hydrogens (tertiary/aromatic N) is 1. The fourth-order valence-electron chi connectivity index (χ4n) is 19.3. The van der Waals surface area contributed by atoms with Gasteiger partial charge in [0.2, 0.25) is 0 Å². The first-order valence-corrected chi connectivity index (χ1v) is 27.5. The van der Waals surface area contributed by atoms with Crippen molar-refractivity contribution in [1.82, 2.24) is 4.98 Å². The molecular weight excluding hydrogens is 950 g/mol. The molecule has 3 aromatic carbocycles. The Morgan fingerprint density at radius 2 is 1.13 bits per heavy atom. The van der Waals surface area contributed by atoms with Gasteiger partial charge in [-0.3, -0.25) is 4.98 Å². The van der Waals surface area contributed by atoms with Crippen LogP contribution in [0.2, 0.25) is 0 Å². The van der Waals surface area contributed by atoms with Gasteiger partial charge in [-0.05, 0) is 210 Å². The number of pyridine rings is 1. The Morgan fingerprint density at radius 3 is 1.65 bits per heavy atom. The van der Waals surface area contributed by atoms with Crippen molar-refractivity contribution in [3.63, 3.8) is 0 Å². The maximum atomic E-state index is 15.9. The number of benzene rings is 3. The van der Waals surface area contributed by atoms with Crippen LogP contribution in [0.4, 0.5) is 0 Å². The molecule has 0 N–H and O–H groups in total. The molecule has 13 aliphatic carbocycles. The van der Waals surface area contributed by atoms with Gasteiger partial charge in [-0.25, -0.2) is 0 Å². The van der Waals surface area contributed by atoms with Crippen molar-refractivity contribution in [3.05, 3.63) is 95.6 Å². The summed E-state index contributed by atoms with van der Waals surface area (Å²) < 4.78 is 15.9. The van der Waals surface area contributed by atoms with Gasteiger partial charge in [-0.15, -0.1) is 40.2 Å². The van der Waals surface area contributed by atoms with Gasteiger partial charge in [0.25, 0.3) is 0 Å². The third-order valence-corrected chi connectivity index (χ3v) is 24.8. The zero-order chi connectivity index (χ0) is 40.6. The second-order valence-electron chi connectivity index (χ2n) is 24.3. The maximum absolute atomic E-state index is 15.9. The average molecular weight is 1020 g/mol. The molecule has 12 bridgehead atoms. The van der Waals surface area contributed by atoms with Gasteiger partial charge in [0.1, 0.15) is 7.14 Å². The summed E-state index contributed by atoms with van der Waals surface area (Å²) >= 11 is 0. The van der Waals surface area contributed by atoms with E-state index in [1.165, 1.54) is 181 Å². The first-order valence-electron chi connectivity index (χ1n) is 25.7.